The van der Waals surface area contributed by atoms with Gasteiger partial charge in [-0.15, -0.1) is 0 Å². The van der Waals surface area contributed by atoms with E-state index in [9.17, 15) is 14.4 Å². The van der Waals surface area contributed by atoms with Crippen LogP contribution in [0.4, 0.5) is 5.69 Å². The van der Waals surface area contributed by atoms with Gasteiger partial charge >= 0.3 is 17.6 Å². The minimum atomic E-state index is -1.26. The Morgan fingerprint density at radius 2 is 1.78 bits per heavy atom. The molecule has 0 radical (unpaired) electrons. The summed E-state index contributed by atoms with van der Waals surface area (Å²) in [5, 5.41) is 20.2. The van der Waals surface area contributed by atoms with Crippen LogP contribution in [0, 0.1) is 0 Å². The summed E-state index contributed by atoms with van der Waals surface area (Å²) in [6.45, 7) is 5.42. The minimum Gasteiger partial charge on any atom is -0.495 e. The van der Waals surface area contributed by atoms with Crippen LogP contribution in [0.3, 0.4) is 0 Å². The number of ether oxygens (including phenoxy) is 2. The van der Waals surface area contributed by atoms with Crippen molar-refractivity contribution in [2.75, 3.05) is 51.3 Å². The number of carbonyl (C=O) groups is 2. The molecular formula is C23H30ClN5O7. The molecule has 1 aliphatic rings. The van der Waals surface area contributed by atoms with E-state index in [1.807, 2.05) is 18.2 Å². The summed E-state index contributed by atoms with van der Waals surface area (Å²) >= 11 is 6.15. The van der Waals surface area contributed by atoms with Crippen LogP contribution in [0.2, 0.25) is 5.02 Å². The molecule has 1 aromatic carbocycles. The topological polar surface area (TPSA) is 147 Å². The van der Waals surface area contributed by atoms with Crippen LogP contribution in [-0.2, 0) is 16.6 Å². The highest BCUT2D eigenvalue weighted by Gasteiger charge is 2.19. The van der Waals surface area contributed by atoms with Gasteiger partial charge in [-0.2, -0.15) is 10.1 Å². The van der Waals surface area contributed by atoms with Crippen molar-refractivity contribution in [2.24, 2.45) is 7.05 Å². The van der Waals surface area contributed by atoms with Gasteiger partial charge in [0.25, 0.3) is 0 Å². The van der Waals surface area contributed by atoms with E-state index < -0.39 is 17.6 Å². The number of carboxylic acid groups (broad SMARTS) is 2. The van der Waals surface area contributed by atoms with E-state index in [1.54, 1.807) is 14.2 Å². The Hall–Kier alpha value is -3.64. The Balaban J connectivity index is 0.000000493. The number of aromatic nitrogens is 3. The summed E-state index contributed by atoms with van der Waals surface area (Å²) in [5.41, 5.74) is 0.643. The Kier molecular flexibility index (Phi) is 11.7. The van der Waals surface area contributed by atoms with E-state index >= 15 is 0 Å². The van der Waals surface area contributed by atoms with Crippen molar-refractivity contribution in [3.63, 3.8) is 0 Å². The Morgan fingerprint density at radius 3 is 2.36 bits per heavy atom. The minimum absolute atomic E-state index is 0.284. The molecule has 1 aliphatic heterocycles. The van der Waals surface area contributed by atoms with Gasteiger partial charge in [0.1, 0.15) is 11.9 Å². The van der Waals surface area contributed by atoms with E-state index in [2.05, 4.69) is 19.9 Å². The number of aliphatic carboxylic acids is 2. The first-order valence-electron chi connectivity index (χ1n) is 11.2. The summed E-state index contributed by atoms with van der Waals surface area (Å²) in [6, 6.07) is 5.73. The number of hydrogen-bond donors (Lipinski definition) is 2. The molecule has 1 aromatic heterocycles. The van der Waals surface area contributed by atoms with E-state index in [0.717, 1.165) is 62.0 Å². The van der Waals surface area contributed by atoms with Crippen molar-refractivity contribution in [3.8, 4) is 11.6 Å². The second-order valence-corrected chi connectivity index (χ2v) is 8.15. The van der Waals surface area contributed by atoms with E-state index in [0.29, 0.717) is 18.8 Å². The number of halogens is 1. The monoisotopic (exact) mass is 523 g/mol. The zero-order valence-corrected chi connectivity index (χ0v) is 20.9. The van der Waals surface area contributed by atoms with Gasteiger partial charge in [-0.1, -0.05) is 11.6 Å². The van der Waals surface area contributed by atoms with Crippen LogP contribution >= 0.6 is 11.6 Å². The molecule has 2 aromatic rings. The van der Waals surface area contributed by atoms with Crippen molar-refractivity contribution in [1.82, 2.24) is 19.7 Å². The number of rotatable bonds is 10. The van der Waals surface area contributed by atoms with Crippen LogP contribution in [-0.4, -0.2) is 88.3 Å². The number of nitrogens with zero attached hydrogens (tertiary/aromatic N) is 5. The van der Waals surface area contributed by atoms with Crippen LogP contribution in [0.1, 0.15) is 12.8 Å². The lowest BCUT2D eigenvalue weighted by Gasteiger charge is -2.36. The Morgan fingerprint density at radius 1 is 1.11 bits per heavy atom. The molecular weight excluding hydrogens is 494 g/mol. The van der Waals surface area contributed by atoms with Crippen molar-refractivity contribution < 1.29 is 29.3 Å². The SMILES string of the molecule is COc1ccc(Cl)cc1N1CCN(CCCCOc2cnn(C)c(=O)n2)CC1.O=C(O)/C=C/C(=O)O. The zero-order valence-electron chi connectivity index (χ0n) is 20.2. The maximum Gasteiger partial charge on any atom is 0.366 e. The molecule has 1 saturated heterocycles. The highest BCUT2D eigenvalue weighted by atomic mass is 35.5. The number of piperazine rings is 1. The van der Waals surface area contributed by atoms with Crippen LogP contribution in [0.15, 0.2) is 41.3 Å². The van der Waals surface area contributed by atoms with E-state index in [1.165, 1.54) is 10.9 Å². The standard InChI is InChI=1S/C19H26ClN5O3.C4H4O4/c1-23-19(26)22-18(14-21-23)28-12-4-3-7-24-8-10-25(11-9-24)16-13-15(20)5-6-17(16)27-2;5-3(6)1-2-4(7)8/h5-6,13-14H,3-4,7-12H2,1-2H3;1-2H,(H,5,6)(H,7,8)/b;2-1+. The number of hydrogen-bond acceptors (Lipinski definition) is 9. The number of aryl methyl sites for hydroxylation is 1. The Labute approximate surface area is 213 Å². The lowest BCUT2D eigenvalue weighted by Crippen LogP contribution is -2.46. The lowest BCUT2D eigenvalue weighted by molar-refractivity contribution is -0.134. The molecule has 0 atom stereocenters. The summed E-state index contributed by atoms with van der Waals surface area (Å²) < 4.78 is 12.1. The first kappa shape index (κ1) is 28.6. The first-order valence-corrected chi connectivity index (χ1v) is 11.6. The van der Waals surface area contributed by atoms with Crippen LogP contribution in [0.25, 0.3) is 0 Å². The molecule has 0 bridgehead atoms. The molecule has 2 heterocycles. The number of anilines is 1. The molecule has 36 heavy (non-hydrogen) atoms. The van der Waals surface area contributed by atoms with E-state index in [-0.39, 0.29) is 5.88 Å². The molecule has 0 spiro atoms. The molecule has 0 saturated carbocycles. The third-order valence-corrected chi connectivity index (χ3v) is 5.40. The van der Waals surface area contributed by atoms with Gasteiger partial charge in [-0.3, -0.25) is 4.90 Å². The highest BCUT2D eigenvalue weighted by molar-refractivity contribution is 6.30. The van der Waals surface area contributed by atoms with Gasteiger partial charge in [0, 0.05) is 50.4 Å². The van der Waals surface area contributed by atoms with E-state index in [4.69, 9.17) is 31.3 Å². The molecule has 2 N–H and O–H groups in total. The summed E-state index contributed by atoms with van der Waals surface area (Å²) in [6.07, 6.45) is 4.51. The Bertz CT molecular complexity index is 1080. The fourth-order valence-corrected chi connectivity index (χ4v) is 3.50. The van der Waals surface area contributed by atoms with Gasteiger partial charge in [0.15, 0.2) is 0 Å². The summed E-state index contributed by atoms with van der Waals surface area (Å²) in [4.78, 5) is 39.1. The van der Waals surface area contributed by atoms with Crippen molar-refractivity contribution in [1.29, 1.82) is 0 Å². The average molecular weight is 524 g/mol. The fourth-order valence-electron chi connectivity index (χ4n) is 3.33. The average Bonchev–Trinajstić information content (AvgIpc) is 2.85. The third kappa shape index (κ3) is 9.92. The predicted octanol–water partition coefficient (Wildman–Crippen LogP) is 1.53. The zero-order chi connectivity index (χ0) is 26.5. The maximum atomic E-state index is 11.4. The van der Waals surface area contributed by atoms with Crippen molar-refractivity contribution in [2.45, 2.75) is 12.8 Å². The molecule has 12 nitrogen and oxygen atoms in total. The summed E-state index contributed by atoms with van der Waals surface area (Å²) in [5.74, 6) is -1.37. The second kappa shape index (κ2) is 14.7. The van der Waals surface area contributed by atoms with Gasteiger partial charge in [-0.05, 0) is 37.6 Å². The normalized spacial score (nSPS) is 13.7. The molecule has 0 amide bonds. The molecule has 196 valence electrons. The quantitative estimate of drug-likeness (QED) is 0.345. The number of carboxylic acids is 2. The number of unbranched alkanes of at least 4 members (excludes halogenated alkanes) is 1. The molecule has 3 rings (SSSR count). The molecule has 1 fully saturated rings. The number of benzene rings is 1. The van der Waals surface area contributed by atoms with Crippen LogP contribution in [0.5, 0.6) is 11.6 Å². The van der Waals surface area contributed by atoms with Gasteiger partial charge < -0.3 is 24.6 Å². The van der Waals surface area contributed by atoms with Crippen molar-refractivity contribution >= 4 is 29.2 Å². The van der Waals surface area contributed by atoms with Crippen molar-refractivity contribution in [3.05, 3.63) is 52.1 Å². The third-order valence-electron chi connectivity index (χ3n) is 5.17. The summed E-state index contributed by atoms with van der Waals surface area (Å²) in [7, 11) is 3.24. The predicted molar refractivity (Wildman–Crippen MR) is 133 cm³/mol. The second-order valence-electron chi connectivity index (χ2n) is 7.71. The number of methoxy groups -OCH3 is 1. The maximum absolute atomic E-state index is 11.4. The molecule has 0 unspecified atom stereocenters. The first-order chi connectivity index (χ1) is 17.2. The van der Waals surface area contributed by atoms with Gasteiger partial charge in [-0.25, -0.2) is 19.1 Å². The smallest absolute Gasteiger partial charge is 0.366 e. The molecule has 0 aliphatic carbocycles. The van der Waals surface area contributed by atoms with Crippen LogP contribution < -0.4 is 20.1 Å². The van der Waals surface area contributed by atoms with Gasteiger partial charge in [0.2, 0.25) is 5.88 Å². The fraction of sp³-hybridized carbons (Fsp3) is 0.435. The largest absolute Gasteiger partial charge is 0.495 e. The highest BCUT2D eigenvalue weighted by Crippen LogP contribution is 2.31. The van der Waals surface area contributed by atoms with Gasteiger partial charge in [0.05, 0.1) is 19.4 Å². The molecule has 13 heteroatoms. The lowest BCUT2D eigenvalue weighted by atomic mass is 10.2.